The minimum absolute atomic E-state index is 0.0380. The molecule has 0 spiro atoms. The molecule has 1 aliphatic heterocycles. The number of aromatic nitrogens is 3. The van der Waals surface area contributed by atoms with Gasteiger partial charge in [-0.3, -0.25) is 9.69 Å². The predicted octanol–water partition coefficient (Wildman–Crippen LogP) is 3.00. The summed E-state index contributed by atoms with van der Waals surface area (Å²) < 4.78 is 78.0. The Hall–Kier alpha value is -2.63. The van der Waals surface area contributed by atoms with Crippen molar-refractivity contribution in [3.63, 3.8) is 0 Å². The number of carbonyl (C=O) groups excluding carboxylic acids is 1. The lowest BCUT2D eigenvalue weighted by molar-refractivity contribution is -0.145. The highest BCUT2D eigenvalue weighted by Crippen LogP contribution is 2.33. The summed E-state index contributed by atoms with van der Waals surface area (Å²) in [5.74, 6) is -0.588. The number of para-hydroxylation sites is 1. The van der Waals surface area contributed by atoms with E-state index in [0.29, 0.717) is 6.42 Å². The van der Waals surface area contributed by atoms with Gasteiger partial charge in [0.25, 0.3) is 5.91 Å². The van der Waals surface area contributed by atoms with Crippen LogP contribution in [0.1, 0.15) is 22.5 Å². The van der Waals surface area contributed by atoms with Gasteiger partial charge in [0.2, 0.25) is 0 Å². The van der Waals surface area contributed by atoms with E-state index in [0.717, 1.165) is 16.9 Å². The molecule has 2 aromatic rings. The molecule has 2 heterocycles. The summed E-state index contributed by atoms with van der Waals surface area (Å²) in [4.78, 5) is 15.2. The lowest BCUT2D eigenvalue weighted by atomic mass is 10.1. The van der Waals surface area contributed by atoms with Gasteiger partial charge in [0.1, 0.15) is 0 Å². The Bertz CT molecular complexity index is 862. The topological polar surface area (TPSA) is 54.3 Å². The molecule has 158 valence electrons. The van der Waals surface area contributed by atoms with Gasteiger partial charge in [-0.1, -0.05) is 17.3 Å². The molecule has 0 radical (unpaired) electrons. The minimum Gasteiger partial charge on any atom is -0.336 e. The third kappa shape index (κ3) is 5.25. The molecule has 1 amide bonds. The number of carbonyl (C=O) groups is 1. The average molecular weight is 421 g/mol. The maximum absolute atomic E-state index is 13.2. The monoisotopic (exact) mass is 421 g/mol. The molecule has 0 saturated carbocycles. The number of nitrogens with zero attached hydrogens (tertiary/aromatic N) is 5. The van der Waals surface area contributed by atoms with Crippen LogP contribution in [0.3, 0.4) is 0 Å². The molecular weight excluding hydrogens is 404 g/mol. The smallest absolute Gasteiger partial charge is 0.336 e. The molecule has 1 fully saturated rings. The number of hydrogen-bond acceptors (Lipinski definition) is 4. The number of halogens is 6. The van der Waals surface area contributed by atoms with Gasteiger partial charge in [-0.2, -0.15) is 26.3 Å². The van der Waals surface area contributed by atoms with Crippen molar-refractivity contribution in [3.05, 3.63) is 41.7 Å². The van der Waals surface area contributed by atoms with E-state index < -0.39 is 30.4 Å². The quantitative estimate of drug-likeness (QED) is 0.716. The fraction of sp³-hybridized carbons (Fsp3) is 0.471. The van der Waals surface area contributed by atoms with Gasteiger partial charge in [0.05, 0.1) is 24.0 Å². The Morgan fingerprint density at radius 2 is 1.72 bits per heavy atom. The minimum atomic E-state index is -4.61. The maximum Gasteiger partial charge on any atom is 0.418 e. The highest BCUT2D eigenvalue weighted by Gasteiger charge is 2.35. The molecule has 29 heavy (non-hydrogen) atoms. The summed E-state index contributed by atoms with van der Waals surface area (Å²) in [5.41, 5.74) is -1.38. The molecule has 0 unspecified atom stereocenters. The van der Waals surface area contributed by atoms with Crippen LogP contribution in [-0.2, 0) is 6.18 Å². The van der Waals surface area contributed by atoms with Crippen LogP contribution in [0, 0.1) is 0 Å². The average Bonchev–Trinajstić information content (AvgIpc) is 3.01. The zero-order chi connectivity index (χ0) is 21.2. The molecule has 0 N–H and O–H groups in total. The van der Waals surface area contributed by atoms with E-state index in [1.807, 2.05) is 0 Å². The van der Waals surface area contributed by atoms with E-state index >= 15 is 0 Å². The normalized spacial score (nSPS) is 16.7. The van der Waals surface area contributed by atoms with Crippen molar-refractivity contribution in [2.24, 2.45) is 0 Å². The number of benzene rings is 1. The number of alkyl halides is 6. The lowest BCUT2D eigenvalue weighted by Crippen LogP contribution is -2.38. The van der Waals surface area contributed by atoms with Crippen LogP contribution in [0.4, 0.5) is 26.3 Å². The first-order chi connectivity index (χ1) is 13.5. The summed E-state index contributed by atoms with van der Waals surface area (Å²) in [7, 11) is 0. The first-order valence-corrected chi connectivity index (χ1v) is 8.72. The fourth-order valence-electron chi connectivity index (χ4n) is 3.14. The van der Waals surface area contributed by atoms with Crippen LogP contribution in [0.5, 0.6) is 0 Å². The Morgan fingerprint density at radius 1 is 1.00 bits per heavy atom. The molecule has 0 aliphatic carbocycles. The second-order valence-corrected chi connectivity index (χ2v) is 6.60. The SMILES string of the molecule is O=C(c1cn(-c2ccccc2C(F)(F)F)nn1)N1CCCN(CC(F)(F)F)CC1. The fourth-order valence-corrected chi connectivity index (χ4v) is 3.14. The molecule has 1 aromatic heterocycles. The highest BCUT2D eigenvalue weighted by atomic mass is 19.4. The van der Waals surface area contributed by atoms with Crippen molar-refractivity contribution < 1.29 is 31.1 Å². The van der Waals surface area contributed by atoms with Crippen molar-refractivity contribution in [3.8, 4) is 5.69 Å². The van der Waals surface area contributed by atoms with Crippen LogP contribution in [0.2, 0.25) is 0 Å². The Labute approximate surface area is 161 Å². The van der Waals surface area contributed by atoms with Gasteiger partial charge in [-0.05, 0) is 18.6 Å². The van der Waals surface area contributed by atoms with Gasteiger partial charge in [-0.15, -0.1) is 5.10 Å². The maximum atomic E-state index is 13.2. The third-order valence-corrected chi connectivity index (χ3v) is 4.45. The van der Waals surface area contributed by atoms with E-state index in [2.05, 4.69) is 10.3 Å². The number of amides is 1. The molecule has 1 aromatic carbocycles. The van der Waals surface area contributed by atoms with E-state index in [4.69, 9.17) is 0 Å². The first-order valence-electron chi connectivity index (χ1n) is 8.72. The Balaban J connectivity index is 1.74. The van der Waals surface area contributed by atoms with E-state index in [-0.39, 0.29) is 37.6 Å². The van der Waals surface area contributed by atoms with Crippen LogP contribution in [-0.4, -0.2) is 69.6 Å². The largest absolute Gasteiger partial charge is 0.418 e. The van der Waals surface area contributed by atoms with Crippen LogP contribution >= 0.6 is 0 Å². The second-order valence-electron chi connectivity index (χ2n) is 6.60. The van der Waals surface area contributed by atoms with Crippen LogP contribution < -0.4 is 0 Å². The second kappa shape index (κ2) is 8.01. The van der Waals surface area contributed by atoms with Crippen molar-refractivity contribution in [1.29, 1.82) is 0 Å². The number of rotatable bonds is 3. The number of hydrogen-bond donors (Lipinski definition) is 0. The molecule has 3 rings (SSSR count). The summed E-state index contributed by atoms with van der Waals surface area (Å²) in [6.07, 6.45) is -7.51. The molecular formula is C17H17F6N5O. The molecule has 6 nitrogen and oxygen atoms in total. The zero-order valence-corrected chi connectivity index (χ0v) is 15.0. The first kappa shape index (κ1) is 21.1. The van der Waals surface area contributed by atoms with Crippen LogP contribution in [0.25, 0.3) is 5.69 Å². The van der Waals surface area contributed by atoms with Gasteiger partial charge in [0, 0.05) is 26.2 Å². The van der Waals surface area contributed by atoms with Crippen molar-refractivity contribution >= 4 is 5.91 Å². The summed E-state index contributed by atoms with van der Waals surface area (Å²) in [6, 6.07) is 4.73. The zero-order valence-electron chi connectivity index (χ0n) is 15.0. The Kier molecular flexibility index (Phi) is 5.82. The summed E-state index contributed by atoms with van der Waals surface area (Å²) >= 11 is 0. The standard InChI is InChI=1S/C17H17F6N5O/c18-16(19,20)11-26-6-3-7-27(9-8-26)15(29)13-10-28(25-24-13)14-5-2-1-4-12(14)17(21,22)23/h1-2,4-5,10H,3,6-9,11H2. The van der Waals surface area contributed by atoms with Crippen molar-refractivity contribution in [2.45, 2.75) is 18.8 Å². The third-order valence-electron chi connectivity index (χ3n) is 4.45. The van der Waals surface area contributed by atoms with E-state index in [1.54, 1.807) is 0 Å². The van der Waals surface area contributed by atoms with E-state index in [9.17, 15) is 31.1 Å². The van der Waals surface area contributed by atoms with E-state index in [1.165, 1.54) is 28.0 Å². The lowest BCUT2D eigenvalue weighted by Gasteiger charge is -2.22. The molecule has 1 saturated heterocycles. The summed E-state index contributed by atoms with van der Waals surface area (Å²) in [6.45, 7) is -0.551. The van der Waals surface area contributed by atoms with Crippen molar-refractivity contribution in [1.82, 2.24) is 24.8 Å². The molecule has 0 bridgehead atoms. The summed E-state index contributed by atoms with van der Waals surface area (Å²) in [5, 5.41) is 7.28. The van der Waals surface area contributed by atoms with Crippen molar-refractivity contribution in [2.75, 3.05) is 32.7 Å². The Morgan fingerprint density at radius 3 is 2.41 bits per heavy atom. The van der Waals surface area contributed by atoms with Crippen LogP contribution in [0.15, 0.2) is 30.5 Å². The van der Waals surface area contributed by atoms with Gasteiger partial charge >= 0.3 is 12.4 Å². The molecule has 1 aliphatic rings. The molecule has 0 atom stereocenters. The van der Waals surface area contributed by atoms with Gasteiger partial charge in [-0.25, -0.2) is 4.68 Å². The van der Waals surface area contributed by atoms with Gasteiger partial charge < -0.3 is 4.90 Å². The predicted molar refractivity (Wildman–Crippen MR) is 89.4 cm³/mol. The molecule has 12 heteroatoms. The highest BCUT2D eigenvalue weighted by molar-refractivity contribution is 5.92. The van der Waals surface area contributed by atoms with Gasteiger partial charge in [0.15, 0.2) is 5.69 Å².